The molecule has 3 nitrogen and oxygen atoms in total. The second-order valence-corrected chi connectivity index (χ2v) is 13.0. The Kier molecular flexibility index (Phi) is 6.81. The van der Waals surface area contributed by atoms with E-state index in [0.717, 1.165) is 44.5 Å². The summed E-state index contributed by atoms with van der Waals surface area (Å²) < 4.78 is 6.64. The van der Waals surface area contributed by atoms with Crippen LogP contribution in [-0.2, 0) is 0 Å². The number of benzene rings is 8. The molecule has 0 saturated carbocycles. The Balaban J connectivity index is 1.15. The smallest absolute Gasteiger partial charge is 0.227 e. The molecule has 0 aliphatic rings. The van der Waals surface area contributed by atoms with Crippen molar-refractivity contribution in [3.8, 4) is 56.0 Å². The van der Waals surface area contributed by atoms with Crippen molar-refractivity contribution in [2.75, 3.05) is 0 Å². The van der Waals surface area contributed by atoms with E-state index in [2.05, 4.69) is 169 Å². The number of aromatic nitrogens is 2. The second kappa shape index (κ2) is 11.9. The van der Waals surface area contributed by atoms with E-state index < -0.39 is 0 Å². The van der Waals surface area contributed by atoms with Gasteiger partial charge in [-0.2, -0.15) is 0 Å². The number of pyridine rings is 1. The van der Waals surface area contributed by atoms with Gasteiger partial charge in [0.15, 0.2) is 5.58 Å². The number of rotatable bonds is 5. The Labute approximate surface area is 295 Å². The van der Waals surface area contributed by atoms with Crippen molar-refractivity contribution >= 4 is 43.4 Å². The topological polar surface area (TPSA) is 38.9 Å². The van der Waals surface area contributed by atoms with Gasteiger partial charge in [0, 0.05) is 23.5 Å². The van der Waals surface area contributed by atoms with Crippen LogP contribution in [0.1, 0.15) is 0 Å². The van der Waals surface area contributed by atoms with Crippen LogP contribution in [0.2, 0.25) is 0 Å². The summed E-state index contributed by atoms with van der Waals surface area (Å²) in [6.07, 6.45) is 3.67. The zero-order valence-corrected chi connectivity index (χ0v) is 27.6. The van der Waals surface area contributed by atoms with Gasteiger partial charge in [0.1, 0.15) is 5.52 Å². The number of hydrogen-bond acceptors (Lipinski definition) is 3. The van der Waals surface area contributed by atoms with Crippen LogP contribution in [0.3, 0.4) is 0 Å². The van der Waals surface area contributed by atoms with E-state index in [1.807, 2.05) is 12.3 Å². The number of oxazole rings is 1. The standard InChI is InChI=1S/C48H30N2O/c1-3-13-39-32(9-1)11-7-17-40(39)33-20-22-34(23-21-33)45-28-38(44-27-36-10-2-4-14-41(36)42-15-5-6-16-43(42)44)29-46-47(45)50-48(51-46)35-24-18-31(19-25-35)37-12-8-26-49-30-37/h1-30H. The van der Waals surface area contributed by atoms with E-state index in [0.29, 0.717) is 5.89 Å². The number of nitrogens with zero attached hydrogens (tertiary/aromatic N) is 2. The highest BCUT2D eigenvalue weighted by molar-refractivity contribution is 6.14. The number of fused-ring (bicyclic) bond motifs is 5. The molecule has 8 aromatic carbocycles. The van der Waals surface area contributed by atoms with Crippen LogP contribution in [0.15, 0.2) is 187 Å². The van der Waals surface area contributed by atoms with E-state index >= 15 is 0 Å². The third-order valence-corrected chi connectivity index (χ3v) is 10.00. The summed E-state index contributed by atoms with van der Waals surface area (Å²) in [6, 6.07) is 60.3. The van der Waals surface area contributed by atoms with Gasteiger partial charge in [-0.05, 0) is 108 Å². The molecule has 10 rings (SSSR count). The summed E-state index contributed by atoms with van der Waals surface area (Å²) in [5.74, 6) is 0.594. The molecule has 0 saturated heterocycles. The fraction of sp³-hybridized carbons (Fsp3) is 0. The fourth-order valence-electron chi connectivity index (χ4n) is 7.47. The lowest BCUT2D eigenvalue weighted by Crippen LogP contribution is -1.88. The average molecular weight is 651 g/mol. The van der Waals surface area contributed by atoms with Crippen molar-refractivity contribution in [1.29, 1.82) is 0 Å². The van der Waals surface area contributed by atoms with Crippen molar-refractivity contribution in [2.24, 2.45) is 0 Å². The first kappa shape index (κ1) is 29.1. The summed E-state index contributed by atoms with van der Waals surface area (Å²) in [6.45, 7) is 0. The van der Waals surface area contributed by atoms with Gasteiger partial charge < -0.3 is 4.42 Å². The predicted octanol–water partition coefficient (Wildman–Crippen LogP) is 13.0. The average Bonchev–Trinajstić information content (AvgIpc) is 3.65. The van der Waals surface area contributed by atoms with Crippen LogP contribution >= 0.6 is 0 Å². The molecule has 0 N–H and O–H groups in total. The second-order valence-electron chi connectivity index (χ2n) is 13.0. The lowest BCUT2D eigenvalue weighted by atomic mass is 9.91. The maximum Gasteiger partial charge on any atom is 0.227 e. The summed E-state index contributed by atoms with van der Waals surface area (Å²) in [5.41, 5.74) is 11.5. The summed E-state index contributed by atoms with van der Waals surface area (Å²) in [7, 11) is 0. The first-order valence-electron chi connectivity index (χ1n) is 17.2. The van der Waals surface area contributed by atoms with Gasteiger partial charge in [0.2, 0.25) is 5.89 Å². The summed E-state index contributed by atoms with van der Waals surface area (Å²) in [4.78, 5) is 9.43. The van der Waals surface area contributed by atoms with Crippen LogP contribution in [0.25, 0.3) is 99.4 Å². The van der Waals surface area contributed by atoms with Crippen LogP contribution in [0.4, 0.5) is 0 Å². The molecule has 2 aromatic heterocycles. The summed E-state index contributed by atoms with van der Waals surface area (Å²) >= 11 is 0. The Bertz CT molecular complexity index is 2880. The van der Waals surface area contributed by atoms with Crippen molar-refractivity contribution in [2.45, 2.75) is 0 Å². The molecule has 0 bridgehead atoms. The Morgan fingerprint density at radius 1 is 0.373 bits per heavy atom. The molecule has 3 heteroatoms. The van der Waals surface area contributed by atoms with E-state index in [-0.39, 0.29) is 0 Å². The Hall–Kier alpha value is -6.84. The minimum Gasteiger partial charge on any atom is -0.436 e. The van der Waals surface area contributed by atoms with Crippen molar-refractivity contribution in [3.05, 3.63) is 182 Å². The zero-order valence-electron chi connectivity index (χ0n) is 27.6. The lowest BCUT2D eigenvalue weighted by Gasteiger charge is -2.13. The van der Waals surface area contributed by atoms with Crippen LogP contribution in [0, 0.1) is 0 Å². The van der Waals surface area contributed by atoms with E-state index in [1.165, 1.54) is 49.0 Å². The van der Waals surface area contributed by atoms with E-state index in [4.69, 9.17) is 9.40 Å². The first-order chi connectivity index (χ1) is 25.3. The number of hydrogen-bond donors (Lipinski definition) is 0. The zero-order chi connectivity index (χ0) is 33.7. The molecule has 0 fully saturated rings. The largest absolute Gasteiger partial charge is 0.436 e. The van der Waals surface area contributed by atoms with Gasteiger partial charge in [-0.1, -0.05) is 133 Å². The Morgan fingerprint density at radius 3 is 1.80 bits per heavy atom. The van der Waals surface area contributed by atoms with Crippen LogP contribution < -0.4 is 0 Å². The highest BCUT2D eigenvalue weighted by Gasteiger charge is 2.18. The predicted molar refractivity (Wildman–Crippen MR) is 212 cm³/mol. The third kappa shape index (κ3) is 5.06. The highest BCUT2D eigenvalue weighted by atomic mass is 16.3. The lowest BCUT2D eigenvalue weighted by molar-refractivity contribution is 0.620. The molecule has 2 heterocycles. The molecule has 0 aliphatic carbocycles. The molecule has 10 aromatic rings. The van der Waals surface area contributed by atoms with Gasteiger partial charge in [-0.3, -0.25) is 4.98 Å². The van der Waals surface area contributed by atoms with Crippen LogP contribution in [-0.4, -0.2) is 9.97 Å². The van der Waals surface area contributed by atoms with Gasteiger partial charge >= 0.3 is 0 Å². The monoisotopic (exact) mass is 650 g/mol. The molecule has 51 heavy (non-hydrogen) atoms. The van der Waals surface area contributed by atoms with Gasteiger partial charge in [-0.25, -0.2) is 4.98 Å². The molecule has 238 valence electrons. The molecule has 0 unspecified atom stereocenters. The molecule has 0 atom stereocenters. The van der Waals surface area contributed by atoms with Gasteiger partial charge in [0.05, 0.1) is 0 Å². The Morgan fingerprint density at radius 2 is 1.02 bits per heavy atom. The fourth-order valence-corrected chi connectivity index (χ4v) is 7.47. The van der Waals surface area contributed by atoms with E-state index in [9.17, 15) is 0 Å². The molecular formula is C48H30N2O. The molecule has 0 spiro atoms. The quantitative estimate of drug-likeness (QED) is 0.174. The van der Waals surface area contributed by atoms with Crippen LogP contribution in [0.5, 0.6) is 0 Å². The van der Waals surface area contributed by atoms with Crippen molar-refractivity contribution in [1.82, 2.24) is 9.97 Å². The maximum absolute atomic E-state index is 6.64. The molecule has 0 amide bonds. The highest BCUT2D eigenvalue weighted by Crippen LogP contribution is 2.41. The molecular weight excluding hydrogens is 621 g/mol. The summed E-state index contributed by atoms with van der Waals surface area (Å²) in [5, 5.41) is 7.38. The third-order valence-electron chi connectivity index (χ3n) is 10.00. The first-order valence-corrected chi connectivity index (χ1v) is 17.2. The normalized spacial score (nSPS) is 11.5. The minimum atomic E-state index is 0.594. The van der Waals surface area contributed by atoms with Gasteiger partial charge in [0.25, 0.3) is 0 Å². The van der Waals surface area contributed by atoms with E-state index in [1.54, 1.807) is 6.20 Å². The van der Waals surface area contributed by atoms with Crippen molar-refractivity contribution in [3.63, 3.8) is 0 Å². The molecule has 0 radical (unpaired) electrons. The molecule has 0 aliphatic heterocycles. The minimum absolute atomic E-state index is 0.594. The van der Waals surface area contributed by atoms with Crippen molar-refractivity contribution < 1.29 is 4.42 Å². The maximum atomic E-state index is 6.64. The van der Waals surface area contributed by atoms with Gasteiger partial charge in [-0.15, -0.1) is 0 Å². The SMILES string of the molecule is c1cncc(-c2ccc(-c3nc4c(-c5ccc(-c6cccc7ccccc67)cc5)cc(-c5cc6ccccc6c6ccccc56)cc4o3)cc2)c1.